The van der Waals surface area contributed by atoms with Gasteiger partial charge in [-0.05, 0) is 75.6 Å². The molecule has 3 fully saturated rings. The molecule has 0 amide bonds. The first-order chi connectivity index (χ1) is 10.7. The number of hydrogen-bond donors (Lipinski definition) is 1. The van der Waals surface area contributed by atoms with Crippen LogP contribution >= 0.6 is 0 Å². The van der Waals surface area contributed by atoms with E-state index in [1.54, 1.807) is 5.56 Å². The number of aryl methyl sites for hydroxylation is 1. The van der Waals surface area contributed by atoms with E-state index in [1.165, 1.54) is 62.9 Å². The van der Waals surface area contributed by atoms with Gasteiger partial charge in [0.1, 0.15) is 0 Å². The number of nitrogens with one attached hydrogen (secondary N) is 1. The number of likely N-dealkylation sites (tertiary alicyclic amines) is 1. The van der Waals surface area contributed by atoms with Crippen LogP contribution < -0.4 is 5.32 Å². The first-order valence-corrected chi connectivity index (χ1v) is 9.33. The molecule has 1 spiro atoms. The molecule has 1 N–H and O–H groups in total. The van der Waals surface area contributed by atoms with E-state index in [-0.39, 0.29) is 0 Å². The van der Waals surface area contributed by atoms with Crippen molar-refractivity contribution in [1.82, 2.24) is 4.90 Å². The normalized spacial score (nSPS) is 35.8. The van der Waals surface area contributed by atoms with Crippen molar-refractivity contribution >= 4 is 5.69 Å². The van der Waals surface area contributed by atoms with Crippen molar-refractivity contribution in [3.8, 4) is 0 Å². The van der Waals surface area contributed by atoms with Crippen LogP contribution in [0.25, 0.3) is 0 Å². The number of anilines is 1. The van der Waals surface area contributed by atoms with E-state index in [9.17, 15) is 0 Å². The van der Waals surface area contributed by atoms with Gasteiger partial charge >= 0.3 is 0 Å². The van der Waals surface area contributed by atoms with Crippen LogP contribution in [-0.4, -0.2) is 30.6 Å². The zero-order valence-corrected chi connectivity index (χ0v) is 13.8. The highest BCUT2D eigenvalue weighted by Crippen LogP contribution is 2.49. The van der Waals surface area contributed by atoms with Crippen LogP contribution in [0.15, 0.2) is 18.2 Å². The molecule has 2 nitrogen and oxygen atoms in total. The molecular formula is C20H28N2. The van der Waals surface area contributed by atoms with Gasteiger partial charge in [0.25, 0.3) is 0 Å². The molecule has 1 saturated heterocycles. The van der Waals surface area contributed by atoms with Crippen LogP contribution in [0.4, 0.5) is 5.69 Å². The van der Waals surface area contributed by atoms with Crippen molar-refractivity contribution in [3.05, 3.63) is 29.3 Å². The van der Waals surface area contributed by atoms with E-state index < -0.39 is 0 Å². The molecule has 2 bridgehead atoms. The van der Waals surface area contributed by atoms with E-state index in [0.717, 1.165) is 24.4 Å². The third kappa shape index (κ3) is 1.89. The molecule has 1 aromatic rings. The first-order valence-electron chi connectivity index (χ1n) is 9.33. The van der Waals surface area contributed by atoms with Crippen LogP contribution in [0.1, 0.15) is 49.7 Å². The molecule has 2 heteroatoms. The minimum absolute atomic E-state index is 0.426. The molecule has 3 atom stereocenters. The van der Waals surface area contributed by atoms with Crippen LogP contribution in [0, 0.1) is 18.8 Å². The molecule has 3 unspecified atom stereocenters. The Morgan fingerprint density at radius 3 is 2.73 bits per heavy atom. The van der Waals surface area contributed by atoms with Crippen LogP contribution in [0.5, 0.6) is 0 Å². The van der Waals surface area contributed by atoms with E-state index in [4.69, 9.17) is 0 Å². The Labute approximate surface area is 134 Å². The molecule has 5 rings (SSSR count). The fourth-order valence-electron chi connectivity index (χ4n) is 6.00. The van der Waals surface area contributed by atoms with Crippen LogP contribution in [-0.2, 0) is 5.41 Å². The van der Waals surface area contributed by atoms with Gasteiger partial charge in [-0.1, -0.05) is 24.1 Å². The van der Waals surface area contributed by atoms with Gasteiger partial charge in [0.05, 0.1) is 0 Å². The van der Waals surface area contributed by atoms with E-state index in [1.807, 2.05) is 0 Å². The summed E-state index contributed by atoms with van der Waals surface area (Å²) in [5, 5.41) is 3.68. The predicted molar refractivity (Wildman–Crippen MR) is 91.4 cm³/mol. The maximum atomic E-state index is 3.68. The summed E-state index contributed by atoms with van der Waals surface area (Å²) in [6, 6.07) is 7.92. The van der Waals surface area contributed by atoms with Gasteiger partial charge in [0.15, 0.2) is 0 Å². The van der Waals surface area contributed by atoms with Crippen molar-refractivity contribution in [1.29, 1.82) is 0 Å². The summed E-state index contributed by atoms with van der Waals surface area (Å²) in [7, 11) is 0. The predicted octanol–water partition coefficient (Wildman–Crippen LogP) is 3.94. The molecule has 4 aliphatic rings. The highest BCUT2D eigenvalue weighted by Gasteiger charge is 2.46. The fourth-order valence-corrected chi connectivity index (χ4v) is 6.00. The third-order valence-electron chi connectivity index (χ3n) is 7.29. The maximum absolute atomic E-state index is 3.68. The molecule has 2 aliphatic carbocycles. The Morgan fingerprint density at radius 2 is 2.00 bits per heavy atom. The molecule has 0 radical (unpaired) electrons. The molecule has 2 aliphatic heterocycles. The lowest BCUT2D eigenvalue weighted by Crippen LogP contribution is -2.49. The van der Waals surface area contributed by atoms with E-state index >= 15 is 0 Å². The zero-order chi connectivity index (χ0) is 14.7. The fraction of sp³-hybridized carbons (Fsp3) is 0.700. The minimum atomic E-state index is 0.426. The largest absolute Gasteiger partial charge is 0.384 e. The molecule has 118 valence electrons. The summed E-state index contributed by atoms with van der Waals surface area (Å²) in [5.41, 5.74) is 4.85. The van der Waals surface area contributed by atoms with Crippen molar-refractivity contribution in [2.45, 2.75) is 56.9 Å². The van der Waals surface area contributed by atoms with Crippen LogP contribution in [0.3, 0.4) is 0 Å². The average Bonchev–Trinajstić information content (AvgIpc) is 3.24. The minimum Gasteiger partial charge on any atom is -0.384 e. The standard InChI is InChI=1S/C20H28N2/c1-14-2-5-18-17(10-14)20(13-21-18)6-8-22(9-7-20)19-12-15-3-4-16(19)11-15/h2,5,10,15-16,19,21H,3-4,6-9,11-13H2,1H3. The second-order valence-corrected chi connectivity index (χ2v) is 8.46. The highest BCUT2D eigenvalue weighted by atomic mass is 15.2. The SMILES string of the molecule is Cc1ccc2c(c1)C1(CCN(C3CC4CCC3C4)CC1)CN2. The summed E-state index contributed by atoms with van der Waals surface area (Å²) in [6.45, 7) is 6.04. The van der Waals surface area contributed by atoms with Crippen molar-refractivity contribution in [3.63, 3.8) is 0 Å². The second kappa shape index (κ2) is 4.74. The second-order valence-electron chi connectivity index (χ2n) is 8.46. The van der Waals surface area contributed by atoms with Crippen molar-refractivity contribution < 1.29 is 0 Å². The molecule has 2 heterocycles. The monoisotopic (exact) mass is 296 g/mol. The van der Waals surface area contributed by atoms with Gasteiger partial charge in [0.2, 0.25) is 0 Å². The molecule has 1 aromatic carbocycles. The Balaban J connectivity index is 1.34. The Hall–Kier alpha value is -1.02. The lowest BCUT2D eigenvalue weighted by Gasteiger charge is -2.44. The van der Waals surface area contributed by atoms with Gasteiger partial charge in [0, 0.05) is 23.7 Å². The molecule has 0 aromatic heterocycles. The zero-order valence-electron chi connectivity index (χ0n) is 13.8. The van der Waals surface area contributed by atoms with Gasteiger partial charge in [-0.15, -0.1) is 0 Å². The number of piperidine rings is 1. The number of rotatable bonds is 1. The summed E-state index contributed by atoms with van der Waals surface area (Å²) in [6.07, 6.45) is 8.78. The Kier molecular flexibility index (Phi) is 2.89. The van der Waals surface area contributed by atoms with Gasteiger partial charge < -0.3 is 10.2 Å². The number of benzene rings is 1. The smallest absolute Gasteiger partial charge is 0.0379 e. The van der Waals surface area contributed by atoms with E-state index in [0.29, 0.717) is 5.41 Å². The average molecular weight is 296 g/mol. The summed E-state index contributed by atoms with van der Waals surface area (Å²) in [4.78, 5) is 2.86. The Morgan fingerprint density at radius 1 is 1.14 bits per heavy atom. The van der Waals surface area contributed by atoms with Gasteiger partial charge in [-0.2, -0.15) is 0 Å². The van der Waals surface area contributed by atoms with Crippen molar-refractivity contribution in [2.24, 2.45) is 11.8 Å². The third-order valence-corrected chi connectivity index (χ3v) is 7.29. The lowest BCUT2D eigenvalue weighted by molar-refractivity contribution is 0.0887. The maximum Gasteiger partial charge on any atom is 0.0379 e. The lowest BCUT2D eigenvalue weighted by atomic mass is 9.73. The summed E-state index contributed by atoms with van der Waals surface area (Å²) in [5.74, 6) is 2.11. The van der Waals surface area contributed by atoms with Gasteiger partial charge in [-0.3, -0.25) is 0 Å². The Bertz CT molecular complexity index is 585. The summed E-state index contributed by atoms with van der Waals surface area (Å²) < 4.78 is 0. The van der Waals surface area contributed by atoms with Crippen molar-refractivity contribution in [2.75, 3.05) is 25.0 Å². The van der Waals surface area contributed by atoms with Crippen LogP contribution in [0.2, 0.25) is 0 Å². The first kappa shape index (κ1) is 13.4. The molecule has 22 heavy (non-hydrogen) atoms. The number of fused-ring (bicyclic) bond motifs is 4. The highest BCUT2D eigenvalue weighted by molar-refractivity contribution is 5.61. The topological polar surface area (TPSA) is 15.3 Å². The van der Waals surface area contributed by atoms with Gasteiger partial charge in [-0.25, -0.2) is 0 Å². The number of hydrogen-bond acceptors (Lipinski definition) is 2. The quantitative estimate of drug-likeness (QED) is 0.844. The summed E-state index contributed by atoms with van der Waals surface area (Å²) >= 11 is 0. The number of nitrogens with zero attached hydrogens (tertiary/aromatic N) is 1. The molecule has 2 saturated carbocycles. The van der Waals surface area contributed by atoms with E-state index in [2.05, 4.69) is 35.3 Å². The molecular weight excluding hydrogens is 268 g/mol.